The molecule has 8 nitrogen and oxygen atoms in total. The molecule has 20 heavy (non-hydrogen) atoms. The van der Waals surface area contributed by atoms with E-state index in [-0.39, 0.29) is 12.2 Å². The summed E-state index contributed by atoms with van der Waals surface area (Å²) in [4.78, 5) is 22.8. The predicted octanol–water partition coefficient (Wildman–Crippen LogP) is 0.243. The van der Waals surface area contributed by atoms with Crippen LogP contribution < -0.4 is 0 Å². The number of aromatic nitrogens is 4. The molecule has 1 aliphatic rings. The molecule has 0 aromatic carbocycles. The van der Waals surface area contributed by atoms with E-state index in [1.54, 1.807) is 6.20 Å². The molecule has 0 saturated heterocycles. The number of aromatic amines is 1. The number of ether oxygens (including phenoxy) is 1. The van der Waals surface area contributed by atoms with Crippen molar-refractivity contribution in [2.75, 3.05) is 7.11 Å². The van der Waals surface area contributed by atoms with Gasteiger partial charge in [-0.25, -0.2) is 9.48 Å². The van der Waals surface area contributed by atoms with E-state index in [2.05, 4.69) is 15.3 Å². The number of hydrogen-bond donors (Lipinski definition) is 2. The largest absolute Gasteiger partial charge is 0.480 e. The van der Waals surface area contributed by atoms with Gasteiger partial charge in [0.2, 0.25) is 0 Å². The van der Waals surface area contributed by atoms with Crippen LogP contribution in [0.5, 0.6) is 0 Å². The third kappa shape index (κ3) is 1.77. The summed E-state index contributed by atoms with van der Waals surface area (Å²) in [5.41, 5.74) is 3.26. The van der Waals surface area contributed by atoms with Crippen LogP contribution in [0.2, 0.25) is 0 Å². The first-order valence-corrected chi connectivity index (χ1v) is 6.04. The normalized spacial score (nSPS) is 12.7. The smallest absolute Gasteiger partial charge is 0.356 e. The van der Waals surface area contributed by atoms with Gasteiger partial charge in [-0.3, -0.25) is 9.89 Å². The Morgan fingerprint density at radius 2 is 2.30 bits per heavy atom. The molecule has 0 radical (unpaired) electrons. The number of carbonyl (C=O) groups excluding carboxylic acids is 1. The number of nitrogens with zero attached hydrogens (tertiary/aromatic N) is 3. The number of carboxylic acids is 1. The van der Waals surface area contributed by atoms with E-state index >= 15 is 0 Å². The molecule has 0 fully saturated rings. The molecule has 2 heterocycles. The van der Waals surface area contributed by atoms with Gasteiger partial charge in [0, 0.05) is 16.8 Å². The molecule has 0 aliphatic heterocycles. The number of H-pyrrole nitrogens is 1. The number of rotatable bonds is 3. The van der Waals surface area contributed by atoms with E-state index in [1.165, 1.54) is 11.8 Å². The molecular formula is C12H12N4O4. The van der Waals surface area contributed by atoms with E-state index in [1.807, 2.05) is 0 Å². The average molecular weight is 276 g/mol. The highest BCUT2D eigenvalue weighted by molar-refractivity contribution is 5.92. The van der Waals surface area contributed by atoms with Gasteiger partial charge in [0.05, 0.1) is 19.0 Å². The van der Waals surface area contributed by atoms with Gasteiger partial charge in [0.1, 0.15) is 6.54 Å². The van der Waals surface area contributed by atoms with E-state index in [4.69, 9.17) is 9.84 Å². The SMILES string of the molecule is COC(=O)c1c2c(nn1CC(=O)O)-c1cn[nH]c1CC2. The molecule has 8 heteroatoms. The molecule has 0 saturated carbocycles. The number of fused-ring (bicyclic) bond motifs is 3. The van der Waals surface area contributed by atoms with Crippen molar-refractivity contribution in [1.82, 2.24) is 20.0 Å². The van der Waals surface area contributed by atoms with Crippen molar-refractivity contribution in [3.63, 3.8) is 0 Å². The van der Waals surface area contributed by atoms with Crippen molar-refractivity contribution >= 4 is 11.9 Å². The van der Waals surface area contributed by atoms with Crippen molar-refractivity contribution in [1.29, 1.82) is 0 Å². The maximum Gasteiger partial charge on any atom is 0.356 e. The first kappa shape index (κ1) is 12.4. The number of methoxy groups -OCH3 is 1. The number of carboxylic acid groups (broad SMARTS) is 1. The maximum atomic E-state index is 11.9. The molecule has 0 bridgehead atoms. The summed E-state index contributed by atoms with van der Waals surface area (Å²) in [6.07, 6.45) is 2.92. The number of aliphatic carboxylic acids is 1. The molecule has 0 unspecified atom stereocenters. The fourth-order valence-corrected chi connectivity index (χ4v) is 2.48. The molecular weight excluding hydrogens is 264 g/mol. The van der Waals surface area contributed by atoms with Crippen molar-refractivity contribution in [2.45, 2.75) is 19.4 Å². The quantitative estimate of drug-likeness (QED) is 0.777. The monoisotopic (exact) mass is 276 g/mol. The second-order valence-electron chi connectivity index (χ2n) is 4.48. The standard InChI is InChI=1S/C12H12N4O4/c1-20-12(19)11-6-2-3-8-7(4-13-14-8)10(6)15-16(11)5-9(17)18/h4H,2-3,5H2,1H3,(H,13,14)(H,17,18). The van der Waals surface area contributed by atoms with Crippen molar-refractivity contribution in [3.05, 3.63) is 23.1 Å². The van der Waals surface area contributed by atoms with Crippen LogP contribution in [0.25, 0.3) is 11.3 Å². The van der Waals surface area contributed by atoms with E-state index in [0.29, 0.717) is 24.1 Å². The first-order valence-electron chi connectivity index (χ1n) is 6.04. The van der Waals surface area contributed by atoms with Gasteiger partial charge in [0.15, 0.2) is 5.69 Å². The second-order valence-corrected chi connectivity index (χ2v) is 4.48. The third-order valence-corrected chi connectivity index (χ3v) is 3.31. The highest BCUT2D eigenvalue weighted by atomic mass is 16.5. The zero-order valence-corrected chi connectivity index (χ0v) is 10.7. The fraction of sp³-hybridized carbons (Fsp3) is 0.333. The van der Waals surface area contributed by atoms with Crippen LogP contribution in [-0.2, 0) is 28.9 Å². The summed E-state index contributed by atoms with van der Waals surface area (Å²) >= 11 is 0. The summed E-state index contributed by atoms with van der Waals surface area (Å²) in [5.74, 6) is -1.64. The highest BCUT2D eigenvalue weighted by Gasteiger charge is 2.30. The molecule has 2 aromatic heterocycles. The molecule has 3 rings (SSSR count). The van der Waals surface area contributed by atoms with Crippen molar-refractivity contribution in [2.24, 2.45) is 0 Å². The van der Waals surface area contributed by atoms with Crippen LogP contribution in [-0.4, -0.2) is 44.1 Å². The lowest BCUT2D eigenvalue weighted by Crippen LogP contribution is -2.18. The summed E-state index contributed by atoms with van der Waals surface area (Å²) in [5, 5.41) is 20.0. The second kappa shape index (κ2) is 4.48. The summed E-state index contributed by atoms with van der Waals surface area (Å²) < 4.78 is 5.92. The van der Waals surface area contributed by atoms with Crippen LogP contribution in [0.4, 0.5) is 0 Å². The molecule has 0 atom stereocenters. The van der Waals surface area contributed by atoms with Crippen LogP contribution in [0, 0.1) is 0 Å². The minimum atomic E-state index is -1.07. The van der Waals surface area contributed by atoms with Gasteiger partial charge in [-0.05, 0) is 12.8 Å². The Bertz CT molecular complexity index is 700. The summed E-state index contributed by atoms with van der Waals surface area (Å²) in [7, 11) is 1.26. The Morgan fingerprint density at radius 1 is 1.50 bits per heavy atom. The lowest BCUT2D eigenvalue weighted by Gasteiger charge is -2.10. The Labute approximate surface area is 113 Å². The van der Waals surface area contributed by atoms with Gasteiger partial charge < -0.3 is 9.84 Å². The Morgan fingerprint density at radius 3 is 3.00 bits per heavy atom. The molecule has 104 valence electrons. The predicted molar refractivity (Wildman–Crippen MR) is 66.2 cm³/mol. The van der Waals surface area contributed by atoms with Crippen LogP contribution in [0.1, 0.15) is 21.7 Å². The third-order valence-electron chi connectivity index (χ3n) is 3.31. The van der Waals surface area contributed by atoms with E-state index in [9.17, 15) is 9.59 Å². The van der Waals surface area contributed by atoms with Crippen LogP contribution >= 0.6 is 0 Å². The van der Waals surface area contributed by atoms with E-state index in [0.717, 1.165) is 11.3 Å². The zero-order valence-electron chi connectivity index (χ0n) is 10.7. The maximum absolute atomic E-state index is 11.9. The molecule has 0 amide bonds. The van der Waals surface area contributed by atoms with Gasteiger partial charge in [0.25, 0.3) is 0 Å². The van der Waals surface area contributed by atoms with E-state index < -0.39 is 11.9 Å². The number of nitrogens with one attached hydrogen (secondary N) is 1. The first-order chi connectivity index (χ1) is 9.61. The lowest BCUT2D eigenvalue weighted by atomic mass is 9.94. The Kier molecular flexibility index (Phi) is 2.78. The van der Waals surface area contributed by atoms with Crippen LogP contribution in [0.3, 0.4) is 0 Å². The van der Waals surface area contributed by atoms with Crippen molar-refractivity contribution in [3.8, 4) is 11.3 Å². The zero-order chi connectivity index (χ0) is 14.3. The van der Waals surface area contributed by atoms with Gasteiger partial charge >= 0.3 is 11.9 Å². The molecule has 1 aliphatic carbocycles. The molecule has 2 aromatic rings. The fourth-order valence-electron chi connectivity index (χ4n) is 2.48. The molecule has 2 N–H and O–H groups in total. The summed E-state index contributed by atoms with van der Waals surface area (Å²) in [6, 6.07) is 0. The Balaban J connectivity index is 2.18. The minimum absolute atomic E-state index is 0.205. The van der Waals surface area contributed by atoms with Gasteiger partial charge in [-0.2, -0.15) is 10.2 Å². The Hall–Kier alpha value is -2.64. The van der Waals surface area contributed by atoms with Crippen molar-refractivity contribution < 1.29 is 19.4 Å². The topological polar surface area (TPSA) is 110 Å². The summed E-state index contributed by atoms with van der Waals surface area (Å²) in [6.45, 7) is -0.384. The number of esters is 1. The number of carbonyl (C=O) groups is 2. The number of aryl methyl sites for hydroxylation is 1. The molecule has 0 spiro atoms. The lowest BCUT2D eigenvalue weighted by molar-refractivity contribution is -0.137. The highest BCUT2D eigenvalue weighted by Crippen LogP contribution is 2.33. The average Bonchev–Trinajstić information content (AvgIpc) is 2.99. The minimum Gasteiger partial charge on any atom is -0.480 e. The van der Waals surface area contributed by atoms with Gasteiger partial charge in [-0.1, -0.05) is 0 Å². The van der Waals surface area contributed by atoms with Gasteiger partial charge in [-0.15, -0.1) is 0 Å². The number of hydrogen-bond acceptors (Lipinski definition) is 5. The van der Waals surface area contributed by atoms with Crippen LogP contribution in [0.15, 0.2) is 6.20 Å².